The molecule has 1 aromatic carbocycles. The van der Waals surface area contributed by atoms with Gasteiger partial charge in [-0.1, -0.05) is 30.3 Å². The molecule has 5 rings (SSSR count). The molecule has 0 bridgehead atoms. The molecular weight excluding hydrogens is 392 g/mol. The highest BCUT2D eigenvalue weighted by molar-refractivity contribution is 5.95. The van der Waals surface area contributed by atoms with Gasteiger partial charge in [-0.05, 0) is 24.6 Å². The van der Waals surface area contributed by atoms with Gasteiger partial charge in [-0.25, -0.2) is 9.78 Å². The number of ether oxygens (including phenoxy) is 1. The number of carbonyl (C=O) groups is 1. The van der Waals surface area contributed by atoms with Gasteiger partial charge in [0.05, 0.1) is 24.8 Å². The fourth-order valence-corrected chi connectivity index (χ4v) is 3.94. The van der Waals surface area contributed by atoms with Crippen LogP contribution in [-0.2, 0) is 4.74 Å². The lowest BCUT2D eigenvalue weighted by Gasteiger charge is -2.19. The van der Waals surface area contributed by atoms with E-state index in [1.165, 1.54) is 0 Å². The normalized spacial score (nSPS) is 18.2. The van der Waals surface area contributed by atoms with Crippen LogP contribution in [0.2, 0.25) is 0 Å². The van der Waals surface area contributed by atoms with Crippen LogP contribution in [0.25, 0.3) is 22.2 Å². The van der Waals surface area contributed by atoms with Crippen LogP contribution in [0.3, 0.4) is 0 Å². The SMILES string of the molecule is Cc1cc(-c2n[nH]c3cc(NC(=O)NC4COCC4c4ccccc4)ncc23)ccn1. The summed E-state index contributed by atoms with van der Waals surface area (Å²) in [6, 6.07) is 15.3. The Morgan fingerprint density at radius 2 is 2.00 bits per heavy atom. The molecule has 4 heterocycles. The maximum Gasteiger partial charge on any atom is 0.320 e. The zero-order chi connectivity index (χ0) is 21.2. The monoisotopic (exact) mass is 414 g/mol. The smallest absolute Gasteiger partial charge is 0.320 e. The van der Waals surface area contributed by atoms with Crippen LogP contribution < -0.4 is 10.6 Å². The van der Waals surface area contributed by atoms with E-state index in [1.807, 2.05) is 37.3 Å². The van der Waals surface area contributed by atoms with Gasteiger partial charge in [0, 0.05) is 41.0 Å². The van der Waals surface area contributed by atoms with Crippen LogP contribution in [-0.4, -0.2) is 45.5 Å². The number of carbonyl (C=O) groups excluding carboxylic acids is 1. The van der Waals surface area contributed by atoms with E-state index in [9.17, 15) is 4.79 Å². The van der Waals surface area contributed by atoms with E-state index < -0.39 is 0 Å². The van der Waals surface area contributed by atoms with Crippen molar-refractivity contribution in [3.63, 3.8) is 0 Å². The molecule has 1 fully saturated rings. The second-order valence-electron chi connectivity index (χ2n) is 7.63. The predicted molar refractivity (Wildman–Crippen MR) is 118 cm³/mol. The molecule has 3 N–H and O–H groups in total. The number of benzene rings is 1. The average molecular weight is 414 g/mol. The molecule has 0 saturated carbocycles. The quantitative estimate of drug-likeness (QED) is 0.473. The molecule has 3 aromatic heterocycles. The van der Waals surface area contributed by atoms with Crippen molar-refractivity contribution in [2.24, 2.45) is 0 Å². The Bertz CT molecular complexity index is 1220. The van der Waals surface area contributed by atoms with Gasteiger partial charge in [0.25, 0.3) is 0 Å². The summed E-state index contributed by atoms with van der Waals surface area (Å²) in [5.74, 6) is 0.572. The zero-order valence-corrected chi connectivity index (χ0v) is 17.0. The minimum absolute atomic E-state index is 0.0974. The van der Waals surface area contributed by atoms with Crippen molar-refractivity contribution in [3.05, 3.63) is 72.2 Å². The lowest BCUT2D eigenvalue weighted by atomic mass is 9.94. The third-order valence-corrected chi connectivity index (χ3v) is 5.48. The molecule has 0 radical (unpaired) electrons. The van der Waals surface area contributed by atoms with Crippen molar-refractivity contribution in [2.45, 2.75) is 18.9 Å². The number of urea groups is 1. The fourth-order valence-electron chi connectivity index (χ4n) is 3.94. The molecule has 8 nitrogen and oxygen atoms in total. The summed E-state index contributed by atoms with van der Waals surface area (Å²) in [6.07, 6.45) is 3.47. The van der Waals surface area contributed by atoms with Crippen molar-refractivity contribution in [1.82, 2.24) is 25.5 Å². The van der Waals surface area contributed by atoms with Gasteiger partial charge >= 0.3 is 6.03 Å². The number of amides is 2. The highest BCUT2D eigenvalue weighted by atomic mass is 16.5. The lowest BCUT2D eigenvalue weighted by molar-refractivity contribution is 0.187. The third kappa shape index (κ3) is 3.97. The maximum atomic E-state index is 12.6. The second-order valence-corrected chi connectivity index (χ2v) is 7.63. The molecule has 0 aliphatic carbocycles. The minimum atomic E-state index is -0.312. The van der Waals surface area contributed by atoms with Crippen molar-refractivity contribution in [3.8, 4) is 11.3 Å². The lowest BCUT2D eigenvalue weighted by Crippen LogP contribution is -2.41. The van der Waals surface area contributed by atoms with Gasteiger partial charge < -0.3 is 10.1 Å². The number of aryl methyl sites for hydroxylation is 1. The van der Waals surface area contributed by atoms with Crippen molar-refractivity contribution < 1.29 is 9.53 Å². The number of hydrogen-bond donors (Lipinski definition) is 3. The Morgan fingerprint density at radius 1 is 1.13 bits per heavy atom. The summed E-state index contributed by atoms with van der Waals surface area (Å²) in [4.78, 5) is 21.2. The average Bonchev–Trinajstić information content (AvgIpc) is 3.41. The number of aromatic amines is 1. The molecule has 1 saturated heterocycles. The van der Waals surface area contributed by atoms with Crippen molar-refractivity contribution in [2.75, 3.05) is 18.5 Å². The third-order valence-electron chi connectivity index (χ3n) is 5.48. The zero-order valence-electron chi connectivity index (χ0n) is 17.0. The van der Waals surface area contributed by atoms with E-state index in [1.54, 1.807) is 18.5 Å². The first-order chi connectivity index (χ1) is 15.2. The predicted octanol–water partition coefficient (Wildman–Crippen LogP) is 3.63. The molecule has 2 amide bonds. The Morgan fingerprint density at radius 3 is 2.84 bits per heavy atom. The van der Waals surface area contributed by atoms with Crippen molar-refractivity contribution in [1.29, 1.82) is 0 Å². The van der Waals surface area contributed by atoms with Crippen LogP contribution in [0.5, 0.6) is 0 Å². The first-order valence-electron chi connectivity index (χ1n) is 10.1. The summed E-state index contributed by atoms with van der Waals surface area (Å²) < 4.78 is 5.61. The van der Waals surface area contributed by atoms with Gasteiger partial charge in [-0.3, -0.25) is 15.4 Å². The molecule has 0 spiro atoms. The summed E-state index contributed by atoms with van der Waals surface area (Å²) in [5.41, 5.74) is 4.63. The van der Waals surface area contributed by atoms with E-state index in [0.29, 0.717) is 19.0 Å². The molecular formula is C23H22N6O2. The highest BCUT2D eigenvalue weighted by Crippen LogP contribution is 2.28. The van der Waals surface area contributed by atoms with Crippen LogP contribution in [0.15, 0.2) is 60.9 Å². The molecule has 1 aliphatic heterocycles. The summed E-state index contributed by atoms with van der Waals surface area (Å²) >= 11 is 0. The van der Waals surface area contributed by atoms with Crippen LogP contribution in [0.4, 0.5) is 10.6 Å². The second kappa shape index (κ2) is 8.16. The summed E-state index contributed by atoms with van der Waals surface area (Å²) in [7, 11) is 0. The van der Waals surface area contributed by atoms with Crippen LogP contribution in [0.1, 0.15) is 17.2 Å². The number of aromatic nitrogens is 4. The van der Waals surface area contributed by atoms with E-state index in [-0.39, 0.29) is 18.0 Å². The van der Waals surface area contributed by atoms with Gasteiger partial charge in [0.2, 0.25) is 0 Å². The van der Waals surface area contributed by atoms with Gasteiger partial charge in [0.1, 0.15) is 11.5 Å². The van der Waals surface area contributed by atoms with E-state index in [2.05, 4.69) is 42.9 Å². The minimum Gasteiger partial charge on any atom is -0.379 e. The molecule has 4 aromatic rings. The molecule has 2 unspecified atom stereocenters. The molecule has 1 aliphatic rings. The van der Waals surface area contributed by atoms with E-state index >= 15 is 0 Å². The fraction of sp³-hybridized carbons (Fsp3) is 0.217. The van der Waals surface area contributed by atoms with E-state index in [4.69, 9.17) is 4.74 Å². The van der Waals surface area contributed by atoms with Gasteiger partial charge in [-0.2, -0.15) is 5.10 Å². The number of H-pyrrole nitrogens is 1. The first kappa shape index (κ1) is 19.2. The van der Waals surface area contributed by atoms with Crippen molar-refractivity contribution >= 4 is 22.8 Å². The maximum absolute atomic E-state index is 12.6. The van der Waals surface area contributed by atoms with E-state index in [0.717, 1.165) is 33.4 Å². The number of anilines is 1. The Balaban J connectivity index is 1.30. The molecule has 8 heteroatoms. The summed E-state index contributed by atoms with van der Waals surface area (Å²) in [6.45, 7) is 3.01. The molecule has 31 heavy (non-hydrogen) atoms. The van der Waals surface area contributed by atoms with Crippen LogP contribution in [0, 0.1) is 6.92 Å². The van der Waals surface area contributed by atoms with Gasteiger partial charge in [-0.15, -0.1) is 0 Å². The number of hydrogen-bond acceptors (Lipinski definition) is 5. The number of nitrogens with zero attached hydrogens (tertiary/aromatic N) is 3. The molecule has 156 valence electrons. The molecule has 2 atom stereocenters. The number of nitrogens with one attached hydrogen (secondary N) is 3. The highest BCUT2D eigenvalue weighted by Gasteiger charge is 2.30. The Labute approximate surface area is 179 Å². The topological polar surface area (TPSA) is 105 Å². The number of fused-ring (bicyclic) bond motifs is 1. The number of rotatable bonds is 4. The largest absolute Gasteiger partial charge is 0.379 e. The Kier molecular flexibility index (Phi) is 5.05. The first-order valence-corrected chi connectivity index (χ1v) is 10.1. The summed E-state index contributed by atoms with van der Waals surface area (Å²) in [5, 5.41) is 14.1. The standard InChI is InChI=1S/C23H22N6O2/c1-14-9-16(7-8-24-14)22-17-11-25-21(10-19(17)28-29-22)27-23(30)26-20-13-31-12-18(20)15-5-3-2-4-6-15/h2-11,18,20H,12-13H2,1H3,(H,28,29)(H2,25,26,27,30). The Hall–Kier alpha value is -3.78. The van der Waals surface area contributed by atoms with Crippen LogP contribution >= 0.6 is 0 Å². The number of pyridine rings is 2. The van der Waals surface area contributed by atoms with Gasteiger partial charge in [0.15, 0.2) is 0 Å².